The lowest BCUT2D eigenvalue weighted by Crippen LogP contribution is -2.19. The normalized spacial score (nSPS) is 14.5. The predicted molar refractivity (Wildman–Crippen MR) is 238 cm³/mol. The first-order valence-electron chi connectivity index (χ1n) is 20.0. The molecule has 56 heavy (non-hydrogen) atoms. The minimum atomic E-state index is -0.143. The van der Waals surface area contributed by atoms with Gasteiger partial charge in [-0.3, -0.25) is 0 Å². The van der Waals surface area contributed by atoms with Crippen LogP contribution in [0.5, 0.6) is 0 Å². The molecule has 0 N–H and O–H groups in total. The lowest BCUT2D eigenvalue weighted by molar-refractivity contribution is 0.641. The van der Waals surface area contributed by atoms with E-state index < -0.39 is 0 Å². The second kappa shape index (κ2) is 12.4. The molecule has 8 aromatic carbocycles. The van der Waals surface area contributed by atoms with Gasteiger partial charge in [-0.2, -0.15) is 0 Å². The van der Waals surface area contributed by atoms with E-state index in [1.165, 1.54) is 77.5 Å². The SMILES string of the molecule is CC(C)(c1ccccc1)c1ccc(N(c2ccc3c(c2)-c2ccccc2C3(C)C)c2ccc3ccccc3c2-c2ccc3c(c2)-c2ccccc2C3(C)C)cc1. The molecule has 0 spiro atoms. The molecule has 0 bridgehead atoms. The van der Waals surface area contributed by atoms with Gasteiger partial charge in [0, 0.05) is 33.2 Å². The summed E-state index contributed by atoms with van der Waals surface area (Å²) in [5.74, 6) is 0. The van der Waals surface area contributed by atoms with Crippen LogP contribution in [0.15, 0.2) is 176 Å². The summed E-state index contributed by atoms with van der Waals surface area (Å²) in [4.78, 5) is 2.50. The Kier molecular flexibility index (Phi) is 7.61. The Balaban J connectivity index is 1.21. The lowest BCUT2D eigenvalue weighted by Gasteiger charge is -2.31. The van der Waals surface area contributed by atoms with E-state index in [2.05, 4.69) is 222 Å². The molecular formula is C55H47N. The first-order chi connectivity index (χ1) is 27.0. The summed E-state index contributed by atoms with van der Waals surface area (Å²) in [6, 6.07) is 65.9. The maximum atomic E-state index is 2.50. The maximum Gasteiger partial charge on any atom is 0.0546 e. The molecular weight excluding hydrogens is 675 g/mol. The smallest absolute Gasteiger partial charge is 0.0546 e. The minimum Gasteiger partial charge on any atom is -0.310 e. The van der Waals surface area contributed by atoms with Crippen LogP contribution in [0.1, 0.15) is 74.9 Å². The second-order valence-corrected chi connectivity index (χ2v) is 17.4. The molecule has 0 aliphatic heterocycles. The molecule has 0 aromatic heterocycles. The van der Waals surface area contributed by atoms with Gasteiger partial charge in [0.2, 0.25) is 0 Å². The van der Waals surface area contributed by atoms with Crippen LogP contribution in [0.25, 0.3) is 44.2 Å². The third-order valence-electron chi connectivity index (χ3n) is 13.2. The first kappa shape index (κ1) is 34.3. The van der Waals surface area contributed by atoms with Crippen molar-refractivity contribution in [3.05, 3.63) is 209 Å². The fraction of sp³-hybridized carbons (Fsp3) is 0.164. The maximum absolute atomic E-state index is 2.50. The van der Waals surface area contributed by atoms with Gasteiger partial charge in [-0.25, -0.2) is 0 Å². The van der Waals surface area contributed by atoms with Crippen molar-refractivity contribution in [1.29, 1.82) is 0 Å². The highest BCUT2D eigenvalue weighted by Gasteiger charge is 2.37. The lowest BCUT2D eigenvalue weighted by atomic mass is 9.78. The van der Waals surface area contributed by atoms with E-state index in [0.29, 0.717) is 0 Å². The fourth-order valence-electron chi connectivity index (χ4n) is 9.95. The summed E-state index contributed by atoms with van der Waals surface area (Å²) in [6.45, 7) is 14.1. The third kappa shape index (κ3) is 5.07. The van der Waals surface area contributed by atoms with Crippen LogP contribution in [0, 0.1) is 0 Å². The van der Waals surface area contributed by atoms with E-state index in [-0.39, 0.29) is 16.2 Å². The van der Waals surface area contributed by atoms with E-state index in [9.17, 15) is 0 Å². The molecule has 0 saturated carbocycles. The Morgan fingerprint density at radius 2 is 0.929 bits per heavy atom. The van der Waals surface area contributed by atoms with Crippen molar-refractivity contribution in [2.75, 3.05) is 4.90 Å². The van der Waals surface area contributed by atoms with Gasteiger partial charge < -0.3 is 4.90 Å². The Labute approximate surface area is 331 Å². The molecule has 0 unspecified atom stereocenters. The van der Waals surface area contributed by atoms with Crippen LogP contribution in [-0.2, 0) is 16.2 Å². The van der Waals surface area contributed by atoms with E-state index in [1.54, 1.807) is 0 Å². The van der Waals surface area contributed by atoms with E-state index >= 15 is 0 Å². The standard InChI is InChI=1S/C55H47N/c1-53(2,38-17-8-7-9-18-38)39-26-28-40(29-27-39)56(41-30-32-50-46(35-41)44-21-13-15-23-48(44)55(50,5)6)51-33-25-36-16-10-11-19-42(36)52(51)37-24-31-49-45(34-37)43-20-12-14-22-47(43)54(49,3)4/h7-35H,1-6H3. The van der Waals surface area contributed by atoms with Crippen molar-refractivity contribution in [2.24, 2.45) is 0 Å². The van der Waals surface area contributed by atoms with Gasteiger partial charge in [-0.05, 0) is 108 Å². The molecule has 1 nitrogen and oxygen atoms in total. The number of nitrogens with zero attached hydrogens (tertiary/aromatic N) is 1. The first-order valence-corrected chi connectivity index (χ1v) is 20.0. The van der Waals surface area contributed by atoms with Gasteiger partial charge in [-0.15, -0.1) is 0 Å². The highest BCUT2D eigenvalue weighted by molar-refractivity contribution is 6.06. The zero-order valence-corrected chi connectivity index (χ0v) is 33.2. The highest BCUT2D eigenvalue weighted by Crippen LogP contribution is 2.54. The Hall–Kier alpha value is -6.18. The van der Waals surface area contributed by atoms with Gasteiger partial charge in [0.1, 0.15) is 0 Å². The van der Waals surface area contributed by atoms with Crippen LogP contribution in [0.4, 0.5) is 17.1 Å². The quantitative estimate of drug-likeness (QED) is 0.165. The van der Waals surface area contributed by atoms with E-state index in [0.717, 1.165) is 17.1 Å². The molecule has 0 radical (unpaired) electrons. The molecule has 272 valence electrons. The average Bonchev–Trinajstić information content (AvgIpc) is 3.60. The number of hydrogen-bond acceptors (Lipinski definition) is 1. The monoisotopic (exact) mass is 721 g/mol. The van der Waals surface area contributed by atoms with Crippen LogP contribution in [0.3, 0.4) is 0 Å². The molecule has 1 heteroatoms. The summed E-state index contributed by atoms with van der Waals surface area (Å²) in [5.41, 5.74) is 19.1. The number of hydrogen-bond donors (Lipinski definition) is 0. The van der Waals surface area contributed by atoms with Crippen molar-refractivity contribution in [2.45, 2.75) is 57.8 Å². The number of fused-ring (bicyclic) bond motifs is 7. The Morgan fingerprint density at radius 3 is 1.61 bits per heavy atom. The predicted octanol–water partition coefficient (Wildman–Crippen LogP) is 14.9. The molecule has 0 fully saturated rings. The van der Waals surface area contributed by atoms with Gasteiger partial charge in [0.15, 0.2) is 0 Å². The highest BCUT2D eigenvalue weighted by atomic mass is 15.1. The zero-order valence-electron chi connectivity index (χ0n) is 33.2. The van der Waals surface area contributed by atoms with E-state index in [4.69, 9.17) is 0 Å². The average molecular weight is 722 g/mol. The summed E-state index contributed by atoms with van der Waals surface area (Å²) < 4.78 is 0. The number of rotatable bonds is 6. The van der Waals surface area contributed by atoms with Gasteiger partial charge in [-0.1, -0.05) is 181 Å². The minimum absolute atomic E-state index is 0.0537. The largest absolute Gasteiger partial charge is 0.310 e. The Bertz CT molecular complexity index is 2820. The molecule has 10 rings (SSSR count). The van der Waals surface area contributed by atoms with E-state index in [1.807, 2.05) is 0 Å². The van der Waals surface area contributed by atoms with Crippen molar-refractivity contribution in [3.63, 3.8) is 0 Å². The zero-order chi connectivity index (χ0) is 38.4. The summed E-state index contributed by atoms with van der Waals surface area (Å²) >= 11 is 0. The molecule has 0 amide bonds. The van der Waals surface area contributed by atoms with Gasteiger partial charge >= 0.3 is 0 Å². The molecule has 2 aliphatic rings. The van der Waals surface area contributed by atoms with Crippen LogP contribution >= 0.6 is 0 Å². The number of benzene rings is 8. The molecule has 8 aromatic rings. The molecule has 0 heterocycles. The molecule has 2 aliphatic carbocycles. The Morgan fingerprint density at radius 1 is 0.411 bits per heavy atom. The topological polar surface area (TPSA) is 3.24 Å². The van der Waals surface area contributed by atoms with Gasteiger partial charge in [0.25, 0.3) is 0 Å². The van der Waals surface area contributed by atoms with Crippen molar-refractivity contribution < 1.29 is 0 Å². The van der Waals surface area contributed by atoms with Crippen LogP contribution in [-0.4, -0.2) is 0 Å². The van der Waals surface area contributed by atoms with Crippen LogP contribution < -0.4 is 4.90 Å². The third-order valence-corrected chi connectivity index (χ3v) is 13.2. The molecule has 0 saturated heterocycles. The molecule has 0 atom stereocenters. The van der Waals surface area contributed by atoms with Crippen molar-refractivity contribution in [3.8, 4) is 33.4 Å². The van der Waals surface area contributed by atoms with Crippen molar-refractivity contribution >= 4 is 27.8 Å². The summed E-state index contributed by atoms with van der Waals surface area (Å²) in [6.07, 6.45) is 0. The van der Waals surface area contributed by atoms with Crippen LogP contribution in [0.2, 0.25) is 0 Å². The summed E-state index contributed by atoms with van der Waals surface area (Å²) in [7, 11) is 0. The van der Waals surface area contributed by atoms with Crippen molar-refractivity contribution in [1.82, 2.24) is 0 Å². The fourth-order valence-corrected chi connectivity index (χ4v) is 9.95. The summed E-state index contributed by atoms with van der Waals surface area (Å²) in [5, 5.41) is 2.48. The second-order valence-electron chi connectivity index (χ2n) is 17.4. The number of anilines is 3. The van der Waals surface area contributed by atoms with Gasteiger partial charge in [0.05, 0.1) is 5.69 Å².